The molecule has 1 aromatic carbocycles. The quantitative estimate of drug-likeness (QED) is 0.773. The van der Waals surface area contributed by atoms with E-state index in [0.29, 0.717) is 19.3 Å². The van der Waals surface area contributed by atoms with E-state index in [1.165, 1.54) is 5.56 Å². The van der Waals surface area contributed by atoms with Crippen LogP contribution in [0.4, 0.5) is 0 Å². The summed E-state index contributed by atoms with van der Waals surface area (Å²) in [5.74, 6) is -0.0413. The predicted octanol–water partition coefficient (Wildman–Crippen LogP) is 3.58. The van der Waals surface area contributed by atoms with Gasteiger partial charge in [-0.25, -0.2) is 0 Å². The third kappa shape index (κ3) is 3.76. The largest absolute Gasteiger partial charge is 0.299 e. The van der Waals surface area contributed by atoms with Crippen LogP contribution in [0.25, 0.3) is 0 Å². The van der Waals surface area contributed by atoms with Gasteiger partial charge in [0.15, 0.2) is 0 Å². The van der Waals surface area contributed by atoms with Crippen LogP contribution >= 0.6 is 0 Å². The molecule has 2 heteroatoms. The van der Waals surface area contributed by atoms with E-state index >= 15 is 0 Å². The SMILES string of the molecule is CC1(C)CC(=O)C(CCCc2ccccc2)C(=O)C1. The number of ketones is 2. The molecule has 1 saturated carbocycles. The molecule has 1 aliphatic carbocycles. The molecule has 0 heterocycles. The van der Waals surface area contributed by atoms with Crippen molar-refractivity contribution in [3.63, 3.8) is 0 Å². The summed E-state index contributed by atoms with van der Waals surface area (Å²) < 4.78 is 0. The van der Waals surface area contributed by atoms with E-state index in [1.807, 2.05) is 32.0 Å². The second kappa shape index (κ2) is 5.68. The summed E-state index contributed by atoms with van der Waals surface area (Å²) in [5, 5.41) is 0. The first kappa shape index (κ1) is 14.0. The van der Waals surface area contributed by atoms with Gasteiger partial charge in [0.05, 0.1) is 5.92 Å². The van der Waals surface area contributed by atoms with Gasteiger partial charge < -0.3 is 0 Å². The Kier molecular flexibility index (Phi) is 4.18. The summed E-state index contributed by atoms with van der Waals surface area (Å²) in [5.41, 5.74) is 1.14. The summed E-state index contributed by atoms with van der Waals surface area (Å²) in [6.45, 7) is 4.01. The van der Waals surface area contributed by atoms with Crippen LogP contribution in [0.2, 0.25) is 0 Å². The highest BCUT2D eigenvalue weighted by Gasteiger charge is 2.38. The van der Waals surface area contributed by atoms with Crippen LogP contribution in [0.15, 0.2) is 30.3 Å². The molecule has 1 aromatic rings. The summed E-state index contributed by atoms with van der Waals surface area (Å²) in [6.07, 6.45) is 3.67. The third-order valence-electron chi connectivity index (χ3n) is 3.88. The van der Waals surface area contributed by atoms with Crippen molar-refractivity contribution in [1.29, 1.82) is 0 Å². The molecule has 0 atom stereocenters. The van der Waals surface area contributed by atoms with Gasteiger partial charge in [-0.2, -0.15) is 0 Å². The fourth-order valence-electron chi connectivity index (χ4n) is 2.91. The minimum Gasteiger partial charge on any atom is -0.299 e. The normalized spacial score (nSPS) is 19.7. The van der Waals surface area contributed by atoms with Gasteiger partial charge in [0.2, 0.25) is 0 Å². The first-order valence-corrected chi connectivity index (χ1v) is 7.07. The fraction of sp³-hybridized carbons (Fsp3) is 0.529. The Balaban J connectivity index is 1.86. The lowest BCUT2D eigenvalue weighted by Gasteiger charge is -2.32. The van der Waals surface area contributed by atoms with Gasteiger partial charge in [-0.15, -0.1) is 0 Å². The number of carbonyl (C=O) groups excluding carboxylic acids is 2. The highest BCUT2D eigenvalue weighted by molar-refractivity contribution is 6.05. The lowest BCUT2D eigenvalue weighted by Crippen LogP contribution is -2.37. The molecule has 0 aromatic heterocycles. The first-order chi connectivity index (χ1) is 8.98. The highest BCUT2D eigenvalue weighted by atomic mass is 16.2. The Morgan fingerprint density at radius 2 is 1.63 bits per heavy atom. The zero-order valence-corrected chi connectivity index (χ0v) is 11.8. The van der Waals surface area contributed by atoms with E-state index < -0.39 is 0 Å². The number of Topliss-reactive ketones (excluding diaryl/α,β-unsaturated/α-hetero) is 2. The average molecular weight is 258 g/mol. The van der Waals surface area contributed by atoms with Crippen molar-refractivity contribution in [3.8, 4) is 0 Å². The van der Waals surface area contributed by atoms with Crippen molar-refractivity contribution in [2.45, 2.75) is 46.0 Å². The third-order valence-corrected chi connectivity index (χ3v) is 3.88. The summed E-state index contributed by atoms with van der Waals surface area (Å²) in [4.78, 5) is 24.1. The first-order valence-electron chi connectivity index (χ1n) is 7.07. The molecule has 1 aliphatic rings. The van der Waals surface area contributed by atoms with Crippen LogP contribution in [0.1, 0.15) is 45.1 Å². The lowest BCUT2D eigenvalue weighted by molar-refractivity contribution is -0.139. The maximum Gasteiger partial charge on any atom is 0.143 e. The molecule has 0 aliphatic heterocycles. The van der Waals surface area contributed by atoms with Gasteiger partial charge in [0, 0.05) is 12.8 Å². The second-order valence-corrected chi connectivity index (χ2v) is 6.38. The molecular formula is C17H22O2. The van der Waals surface area contributed by atoms with E-state index in [9.17, 15) is 9.59 Å². The molecule has 1 fully saturated rings. The van der Waals surface area contributed by atoms with Crippen molar-refractivity contribution >= 4 is 11.6 Å². The van der Waals surface area contributed by atoms with Crippen LogP contribution < -0.4 is 0 Å². The van der Waals surface area contributed by atoms with Gasteiger partial charge in [0.1, 0.15) is 11.6 Å². The Morgan fingerprint density at radius 1 is 1.05 bits per heavy atom. The van der Waals surface area contributed by atoms with E-state index in [0.717, 1.165) is 12.8 Å². The summed E-state index contributed by atoms with van der Waals surface area (Å²) in [7, 11) is 0. The van der Waals surface area contributed by atoms with Crippen molar-refractivity contribution in [2.75, 3.05) is 0 Å². The smallest absolute Gasteiger partial charge is 0.143 e. The molecule has 102 valence electrons. The predicted molar refractivity (Wildman–Crippen MR) is 75.9 cm³/mol. The Bertz CT molecular complexity index is 439. The van der Waals surface area contributed by atoms with Gasteiger partial charge >= 0.3 is 0 Å². The maximum absolute atomic E-state index is 12.0. The zero-order chi connectivity index (χ0) is 13.9. The number of carbonyl (C=O) groups is 2. The molecule has 2 rings (SSSR count). The van der Waals surface area contributed by atoms with Crippen molar-refractivity contribution in [3.05, 3.63) is 35.9 Å². The average Bonchev–Trinajstić information content (AvgIpc) is 2.32. The van der Waals surface area contributed by atoms with Gasteiger partial charge in [-0.1, -0.05) is 44.2 Å². The molecule has 0 amide bonds. The molecule has 0 saturated heterocycles. The second-order valence-electron chi connectivity index (χ2n) is 6.38. The molecule has 0 spiro atoms. The highest BCUT2D eigenvalue weighted by Crippen LogP contribution is 2.35. The molecule has 0 unspecified atom stereocenters. The topological polar surface area (TPSA) is 34.1 Å². The number of hydrogen-bond donors (Lipinski definition) is 0. The standard InChI is InChI=1S/C17H22O2/c1-17(2)11-15(18)14(16(19)12-17)10-6-9-13-7-4-3-5-8-13/h3-5,7-8,14H,6,9-12H2,1-2H3. The minimum absolute atomic E-state index is 0.135. The van der Waals surface area contributed by atoms with E-state index in [1.54, 1.807) is 0 Å². The number of hydrogen-bond acceptors (Lipinski definition) is 2. The fourth-order valence-corrected chi connectivity index (χ4v) is 2.91. The van der Waals surface area contributed by atoms with Gasteiger partial charge in [-0.05, 0) is 30.2 Å². The minimum atomic E-state index is -0.336. The van der Waals surface area contributed by atoms with Crippen LogP contribution in [-0.4, -0.2) is 11.6 Å². The van der Waals surface area contributed by atoms with Crippen LogP contribution in [0, 0.1) is 11.3 Å². The number of benzene rings is 1. The molecular weight excluding hydrogens is 236 g/mol. The molecule has 0 bridgehead atoms. The monoisotopic (exact) mass is 258 g/mol. The molecule has 0 N–H and O–H groups in total. The molecule has 19 heavy (non-hydrogen) atoms. The van der Waals surface area contributed by atoms with E-state index in [4.69, 9.17) is 0 Å². The Labute approximate surface area is 115 Å². The zero-order valence-electron chi connectivity index (χ0n) is 11.8. The van der Waals surface area contributed by atoms with Crippen molar-refractivity contribution < 1.29 is 9.59 Å². The van der Waals surface area contributed by atoms with Crippen molar-refractivity contribution in [2.24, 2.45) is 11.3 Å². The number of rotatable bonds is 4. The van der Waals surface area contributed by atoms with Gasteiger partial charge in [-0.3, -0.25) is 9.59 Å². The lowest BCUT2D eigenvalue weighted by atomic mass is 9.70. The maximum atomic E-state index is 12.0. The Morgan fingerprint density at radius 3 is 2.21 bits per heavy atom. The number of aryl methyl sites for hydroxylation is 1. The van der Waals surface area contributed by atoms with Gasteiger partial charge in [0.25, 0.3) is 0 Å². The van der Waals surface area contributed by atoms with E-state index in [2.05, 4.69) is 12.1 Å². The Hall–Kier alpha value is -1.44. The van der Waals surface area contributed by atoms with E-state index in [-0.39, 0.29) is 22.9 Å². The van der Waals surface area contributed by atoms with Crippen molar-refractivity contribution in [1.82, 2.24) is 0 Å². The van der Waals surface area contributed by atoms with Crippen LogP contribution in [0.5, 0.6) is 0 Å². The molecule has 2 nitrogen and oxygen atoms in total. The molecule has 0 radical (unpaired) electrons. The van der Waals surface area contributed by atoms with Crippen LogP contribution in [-0.2, 0) is 16.0 Å². The summed E-state index contributed by atoms with van der Waals surface area (Å²) >= 11 is 0. The van der Waals surface area contributed by atoms with Crippen LogP contribution in [0.3, 0.4) is 0 Å². The summed E-state index contributed by atoms with van der Waals surface area (Å²) in [6, 6.07) is 10.2.